The fourth-order valence-electron chi connectivity index (χ4n) is 1.99. The van der Waals surface area contributed by atoms with Crippen LogP contribution in [0.5, 0.6) is 0 Å². The first-order chi connectivity index (χ1) is 7.38. The lowest BCUT2D eigenvalue weighted by molar-refractivity contribution is 0.375. The van der Waals surface area contributed by atoms with Crippen LogP contribution in [-0.2, 0) is 6.42 Å². The van der Waals surface area contributed by atoms with Crippen molar-refractivity contribution in [3.8, 4) is 0 Å². The maximum Gasteiger partial charge on any atom is 0.187 e. The van der Waals surface area contributed by atoms with E-state index in [2.05, 4.69) is 15.3 Å². The summed E-state index contributed by atoms with van der Waals surface area (Å²) in [5.41, 5.74) is 1.27. The van der Waals surface area contributed by atoms with Gasteiger partial charge in [0.1, 0.15) is 0 Å². The molecule has 0 radical (unpaired) electrons. The van der Waals surface area contributed by atoms with Gasteiger partial charge in [0.15, 0.2) is 5.16 Å². The minimum absolute atomic E-state index is 0.766. The molecule has 15 heavy (non-hydrogen) atoms. The molecule has 2 rings (SSSR count). The first-order valence-corrected chi connectivity index (χ1v) is 6.66. The van der Waals surface area contributed by atoms with E-state index in [4.69, 9.17) is 0 Å². The summed E-state index contributed by atoms with van der Waals surface area (Å²) in [4.78, 5) is 8.59. The van der Waals surface area contributed by atoms with Crippen molar-refractivity contribution in [2.45, 2.75) is 24.4 Å². The van der Waals surface area contributed by atoms with Gasteiger partial charge >= 0.3 is 0 Å². The Morgan fingerprint density at radius 3 is 2.87 bits per heavy atom. The second-order valence-electron chi connectivity index (χ2n) is 3.99. The Hall–Kier alpha value is -0.610. The number of rotatable bonds is 3. The molecule has 1 fully saturated rings. The fraction of sp³-hybridized carbons (Fsp3) is 0.636. The summed E-state index contributed by atoms with van der Waals surface area (Å²) in [6, 6.07) is 0. The van der Waals surface area contributed by atoms with Crippen LogP contribution in [0, 0.1) is 5.92 Å². The molecule has 1 atom stereocenters. The van der Waals surface area contributed by atoms with Crippen LogP contribution >= 0.6 is 11.8 Å². The van der Waals surface area contributed by atoms with Gasteiger partial charge in [-0.1, -0.05) is 11.8 Å². The average molecular weight is 223 g/mol. The third kappa shape index (κ3) is 3.18. The summed E-state index contributed by atoms with van der Waals surface area (Å²) in [5.74, 6) is 0.766. The predicted molar refractivity (Wildman–Crippen MR) is 63.1 cm³/mol. The van der Waals surface area contributed by atoms with E-state index in [0.717, 1.165) is 24.0 Å². The lowest BCUT2D eigenvalue weighted by atomic mass is 9.94. The second kappa shape index (κ2) is 5.47. The summed E-state index contributed by atoms with van der Waals surface area (Å²) in [6.07, 6.45) is 9.67. The molecule has 0 aromatic carbocycles. The van der Waals surface area contributed by atoms with E-state index in [1.165, 1.54) is 24.9 Å². The van der Waals surface area contributed by atoms with Gasteiger partial charge in [-0.25, -0.2) is 9.97 Å². The zero-order chi connectivity index (χ0) is 10.5. The summed E-state index contributed by atoms with van der Waals surface area (Å²) < 4.78 is 0. The zero-order valence-corrected chi connectivity index (χ0v) is 9.89. The van der Waals surface area contributed by atoms with Crippen LogP contribution in [0.25, 0.3) is 0 Å². The molecule has 1 N–H and O–H groups in total. The van der Waals surface area contributed by atoms with E-state index in [1.807, 2.05) is 18.6 Å². The van der Waals surface area contributed by atoms with Crippen molar-refractivity contribution in [2.24, 2.45) is 5.92 Å². The Labute approximate surface area is 95.1 Å². The van der Waals surface area contributed by atoms with Crippen LogP contribution in [0.2, 0.25) is 0 Å². The van der Waals surface area contributed by atoms with E-state index in [1.54, 1.807) is 11.8 Å². The van der Waals surface area contributed by atoms with Gasteiger partial charge in [0.05, 0.1) is 0 Å². The molecule has 0 amide bonds. The molecule has 1 aromatic heterocycles. The third-order valence-corrected chi connectivity index (χ3v) is 3.36. The van der Waals surface area contributed by atoms with E-state index in [-0.39, 0.29) is 0 Å². The molecule has 1 saturated heterocycles. The van der Waals surface area contributed by atoms with Gasteiger partial charge in [-0.2, -0.15) is 0 Å². The van der Waals surface area contributed by atoms with Gasteiger partial charge in [-0.3, -0.25) is 0 Å². The molecule has 0 saturated carbocycles. The number of piperidine rings is 1. The van der Waals surface area contributed by atoms with Crippen molar-refractivity contribution < 1.29 is 0 Å². The summed E-state index contributed by atoms with van der Waals surface area (Å²) in [6.45, 7) is 2.32. The van der Waals surface area contributed by atoms with Gasteiger partial charge in [-0.05, 0) is 50.1 Å². The Balaban J connectivity index is 1.91. The quantitative estimate of drug-likeness (QED) is 0.625. The van der Waals surface area contributed by atoms with Crippen LogP contribution < -0.4 is 5.32 Å². The highest BCUT2D eigenvalue weighted by Crippen LogP contribution is 2.16. The van der Waals surface area contributed by atoms with E-state index >= 15 is 0 Å². The molecule has 0 spiro atoms. The Morgan fingerprint density at radius 2 is 2.27 bits per heavy atom. The molecule has 0 aliphatic carbocycles. The molecule has 1 unspecified atom stereocenters. The average Bonchev–Trinajstić information content (AvgIpc) is 2.31. The molecule has 3 nitrogen and oxygen atoms in total. The highest BCUT2D eigenvalue weighted by molar-refractivity contribution is 7.98. The minimum Gasteiger partial charge on any atom is -0.316 e. The summed E-state index contributed by atoms with van der Waals surface area (Å²) in [5, 5.41) is 4.29. The lowest BCUT2D eigenvalue weighted by Crippen LogP contribution is -2.30. The predicted octanol–water partition coefficient (Wildman–Crippen LogP) is 1.74. The van der Waals surface area contributed by atoms with Crippen molar-refractivity contribution in [2.75, 3.05) is 19.3 Å². The Morgan fingerprint density at radius 1 is 1.47 bits per heavy atom. The maximum absolute atomic E-state index is 4.29. The standard InChI is InChI=1S/C11H17N3S/c1-15-11-13-7-10(8-14-11)5-9-3-2-4-12-6-9/h7-9,12H,2-6H2,1H3. The summed E-state index contributed by atoms with van der Waals surface area (Å²) >= 11 is 1.59. The van der Waals surface area contributed by atoms with Crippen LogP contribution in [0.1, 0.15) is 18.4 Å². The van der Waals surface area contributed by atoms with Crippen molar-refractivity contribution in [3.63, 3.8) is 0 Å². The fourth-order valence-corrected chi connectivity index (χ4v) is 2.30. The topological polar surface area (TPSA) is 37.8 Å². The van der Waals surface area contributed by atoms with Crippen molar-refractivity contribution in [3.05, 3.63) is 18.0 Å². The smallest absolute Gasteiger partial charge is 0.187 e. The lowest BCUT2D eigenvalue weighted by Gasteiger charge is -2.22. The molecule has 1 aromatic rings. The second-order valence-corrected chi connectivity index (χ2v) is 4.77. The largest absolute Gasteiger partial charge is 0.316 e. The summed E-state index contributed by atoms with van der Waals surface area (Å²) in [7, 11) is 0. The highest BCUT2D eigenvalue weighted by atomic mass is 32.2. The first kappa shape index (κ1) is 10.9. The normalized spacial score (nSPS) is 21.5. The van der Waals surface area contributed by atoms with Gasteiger partial charge in [0.25, 0.3) is 0 Å². The van der Waals surface area contributed by atoms with Crippen molar-refractivity contribution in [1.29, 1.82) is 0 Å². The van der Waals surface area contributed by atoms with E-state index in [9.17, 15) is 0 Å². The van der Waals surface area contributed by atoms with Gasteiger partial charge in [0.2, 0.25) is 0 Å². The number of thioether (sulfide) groups is 1. The van der Waals surface area contributed by atoms with Crippen molar-refractivity contribution >= 4 is 11.8 Å². The highest BCUT2D eigenvalue weighted by Gasteiger charge is 2.13. The molecule has 1 aliphatic heterocycles. The van der Waals surface area contributed by atoms with E-state index in [0.29, 0.717) is 0 Å². The Kier molecular flexibility index (Phi) is 3.97. The SMILES string of the molecule is CSc1ncc(CC2CCCNC2)cn1. The number of aromatic nitrogens is 2. The minimum atomic E-state index is 0.766. The van der Waals surface area contributed by atoms with Gasteiger partial charge in [-0.15, -0.1) is 0 Å². The molecule has 0 bridgehead atoms. The molecular formula is C11H17N3S. The van der Waals surface area contributed by atoms with E-state index < -0.39 is 0 Å². The molecule has 82 valence electrons. The number of nitrogens with one attached hydrogen (secondary N) is 1. The molecule has 2 heterocycles. The zero-order valence-electron chi connectivity index (χ0n) is 9.07. The number of nitrogens with zero attached hydrogens (tertiary/aromatic N) is 2. The van der Waals surface area contributed by atoms with Crippen LogP contribution in [0.4, 0.5) is 0 Å². The maximum atomic E-state index is 4.29. The monoisotopic (exact) mass is 223 g/mol. The van der Waals surface area contributed by atoms with Crippen molar-refractivity contribution in [1.82, 2.24) is 15.3 Å². The number of hydrogen-bond acceptors (Lipinski definition) is 4. The molecular weight excluding hydrogens is 206 g/mol. The third-order valence-electron chi connectivity index (χ3n) is 2.79. The molecule has 4 heteroatoms. The number of hydrogen-bond donors (Lipinski definition) is 1. The van der Waals surface area contributed by atoms with Crippen LogP contribution in [-0.4, -0.2) is 29.3 Å². The van der Waals surface area contributed by atoms with Gasteiger partial charge in [0, 0.05) is 12.4 Å². The first-order valence-electron chi connectivity index (χ1n) is 5.44. The van der Waals surface area contributed by atoms with Gasteiger partial charge < -0.3 is 5.32 Å². The Bertz CT molecular complexity index is 293. The molecule has 1 aliphatic rings. The van der Waals surface area contributed by atoms with Crippen LogP contribution in [0.3, 0.4) is 0 Å². The van der Waals surface area contributed by atoms with Crippen LogP contribution in [0.15, 0.2) is 17.6 Å².